The predicted octanol–water partition coefficient (Wildman–Crippen LogP) is 4.92. The van der Waals surface area contributed by atoms with E-state index in [1.807, 2.05) is 0 Å². The molecule has 8 nitrogen and oxygen atoms in total. The van der Waals surface area contributed by atoms with Crippen molar-refractivity contribution in [2.24, 2.45) is 0 Å². The lowest BCUT2D eigenvalue weighted by atomic mass is 10.0. The standard InChI is InChI=1S/C28H27F5N2O6/c1-38-11-10-35(15-26(36)34-41-17-28(31,32)33)27(37)20-5-3-4-18(12-20)16-40-21-8-6-19(7-9-21)22-13-23(29)24(30)14-25(22)39-2/h3-9,12-14H,10-11,15-17H2,1-2H3,(H,34,36). The molecule has 0 bridgehead atoms. The summed E-state index contributed by atoms with van der Waals surface area (Å²) in [5.74, 6) is -2.89. The van der Waals surface area contributed by atoms with Crippen molar-refractivity contribution in [2.75, 3.05) is 40.5 Å². The summed E-state index contributed by atoms with van der Waals surface area (Å²) >= 11 is 0. The summed E-state index contributed by atoms with van der Waals surface area (Å²) in [6.45, 7) is -2.08. The van der Waals surface area contributed by atoms with Gasteiger partial charge >= 0.3 is 6.18 Å². The fourth-order valence-corrected chi connectivity index (χ4v) is 3.66. The summed E-state index contributed by atoms with van der Waals surface area (Å²) in [4.78, 5) is 30.4. The molecule has 0 unspecified atom stereocenters. The number of hydrogen-bond donors (Lipinski definition) is 1. The van der Waals surface area contributed by atoms with Gasteiger partial charge in [-0.1, -0.05) is 24.3 Å². The van der Waals surface area contributed by atoms with Gasteiger partial charge in [-0.15, -0.1) is 0 Å². The van der Waals surface area contributed by atoms with Gasteiger partial charge in [-0.05, 0) is 41.5 Å². The first-order valence-corrected chi connectivity index (χ1v) is 12.1. The van der Waals surface area contributed by atoms with Gasteiger partial charge in [0.2, 0.25) is 0 Å². The average molecular weight is 583 g/mol. The van der Waals surface area contributed by atoms with E-state index in [-0.39, 0.29) is 31.1 Å². The van der Waals surface area contributed by atoms with Crippen LogP contribution in [0.1, 0.15) is 15.9 Å². The van der Waals surface area contributed by atoms with Crippen LogP contribution in [0.5, 0.6) is 11.5 Å². The van der Waals surface area contributed by atoms with Crippen LogP contribution in [0.25, 0.3) is 11.1 Å². The number of carbonyl (C=O) groups is 2. The molecule has 0 aliphatic carbocycles. The highest BCUT2D eigenvalue weighted by atomic mass is 19.4. The fraction of sp³-hybridized carbons (Fsp3) is 0.286. The normalized spacial score (nSPS) is 11.2. The van der Waals surface area contributed by atoms with Crippen LogP contribution in [0.15, 0.2) is 60.7 Å². The lowest BCUT2D eigenvalue weighted by molar-refractivity contribution is -0.191. The molecular formula is C28H27F5N2O6. The van der Waals surface area contributed by atoms with E-state index in [2.05, 4.69) is 4.84 Å². The zero-order valence-corrected chi connectivity index (χ0v) is 22.1. The Morgan fingerprint density at radius 1 is 0.951 bits per heavy atom. The minimum Gasteiger partial charge on any atom is -0.496 e. The van der Waals surface area contributed by atoms with E-state index in [1.54, 1.807) is 47.9 Å². The van der Waals surface area contributed by atoms with Crippen LogP contribution in [0.4, 0.5) is 22.0 Å². The Hall–Kier alpha value is -4.23. The molecule has 1 N–H and O–H groups in total. The Morgan fingerprint density at radius 2 is 1.66 bits per heavy atom. The van der Waals surface area contributed by atoms with Gasteiger partial charge < -0.3 is 19.1 Å². The van der Waals surface area contributed by atoms with Crippen LogP contribution in [-0.2, 0) is 21.0 Å². The molecule has 0 radical (unpaired) electrons. The number of benzene rings is 3. The average Bonchev–Trinajstić information content (AvgIpc) is 2.94. The first kappa shape index (κ1) is 31.3. The molecule has 0 saturated carbocycles. The van der Waals surface area contributed by atoms with Crippen molar-refractivity contribution in [3.05, 3.63) is 83.4 Å². The highest BCUT2D eigenvalue weighted by molar-refractivity contribution is 5.96. The SMILES string of the molecule is COCCN(CC(=O)NOCC(F)(F)F)C(=O)c1cccc(COc2ccc(-c3cc(F)c(F)cc3OC)cc2)c1. The zero-order chi connectivity index (χ0) is 30.0. The zero-order valence-electron chi connectivity index (χ0n) is 22.1. The van der Waals surface area contributed by atoms with Crippen LogP contribution in [0, 0.1) is 11.6 Å². The molecule has 3 aromatic carbocycles. The van der Waals surface area contributed by atoms with Gasteiger partial charge in [-0.2, -0.15) is 13.2 Å². The van der Waals surface area contributed by atoms with Crippen molar-refractivity contribution in [1.82, 2.24) is 10.4 Å². The second kappa shape index (κ2) is 14.4. The van der Waals surface area contributed by atoms with E-state index in [1.165, 1.54) is 20.3 Å². The molecule has 0 atom stereocenters. The largest absolute Gasteiger partial charge is 0.496 e. The van der Waals surface area contributed by atoms with Crippen LogP contribution < -0.4 is 15.0 Å². The Bertz CT molecular complexity index is 1330. The van der Waals surface area contributed by atoms with Gasteiger partial charge in [0, 0.05) is 30.8 Å². The number of halogens is 5. The maximum absolute atomic E-state index is 13.8. The minimum atomic E-state index is -4.63. The van der Waals surface area contributed by atoms with Gasteiger partial charge in [0.1, 0.15) is 24.7 Å². The Labute approximate surface area is 232 Å². The van der Waals surface area contributed by atoms with Gasteiger partial charge in [-0.25, -0.2) is 14.3 Å². The van der Waals surface area contributed by atoms with Crippen LogP contribution in [-0.4, -0.2) is 63.4 Å². The first-order chi connectivity index (χ1) is 19.5. The molecule has 13 heteroatoms. The molecule has 3 aromatic rings. The molecule has 220 valence electrons. The first-order valence-electron chi connectivity index (χ1n) is 12.1. The predicted molar refractivity (Wildman–Crippen MR) is 137 cm³/mol. The molecule has 0 aliphatic heterocycles. The third-order valence-corrected chi connectivity index (χ3v) is 5.60. The van der Waals surface area contributed by atoms with E-state index in [0.29, 0.717) is 22.4 Å². The third-order valence-electron chi connectivity index (χ3n) is 5.60. The van der Waals surface area contributed by atoms with Crippen molar-refractivity contribution < 1.29 is 50.6 Å². The molecule has 0 fully saturated rings. The lowest BCUT2D eigenvalue weighted by Crippen LogP contribution is -2.43. The quantitative estimate of drug-likeness (QED) is 0.228. The second-order valence-electron chi connectivity index (χ2n) is 8.63. The number of hydroxylamine groups is 1. The monoisotopic (exact) mass is 582 g/mol. The summed E-state index contributed by atoms with van der Waals surface area (Å²) in [6, 6.07) is 15.0. The van der Waals surface area contributed by atoms with E-state index < -0.39 is 42.8 Å². The summed E-state index contributed by atoms with van der Waals surface area (Å²) in [5, 5.41) is 0. The van der Waals surface area contributed by atoms with Crippen LogP contribution >= 0.6 is 0 Å². The number of nitrogens with one attached hydrogen (secondary N) is 1. The highest BCUT2D eigenvalue weighted by Gasteiger charge is 2.28. The maximum Gasteiger partial charge on any atom is 0.414 e. The number of carbonyl (C=O) groups excluding carboxylic acids is 2. The van der Waals surface area contributed by atoms with Crippen molar-refractivity contribution in [3.8, 4) is 22.6 Å². The van der Waals surface area contributed by atoms with Crippen LogP contribution in [0.3, 0.4) is 0 Å². The Balaban J connectivity index is 1.65. The number of methoxy groups -OCH3 is 2. The van der Waals surface area contributed by atoms with Crippen molar-refractivity contribution >= 4 is 11.8 Å². The molecule has 3 rings (SSSR count). The van der Waals surface area contributed by atoms with E-state index in [9.17, 15) is 31.5 Å². The molecule has 41 heavy (non-hydrogen) atoms. The molecule has 0 aliphatic rings. The smallest absolute Gasteiger partial charge is 0.414 e. The fourth-order valence-electron chi connectivity index (χ4n) is 3.66. The molecular weight excluding hydrogens is 555 g/mol. The van der Waals surface area contributed by atoms with Crippen molar-refractivity contribution in [1.29, 1.82) is 0 Å². The molecule has 0 saturated heterocycles. The van der Waals surface area contributed by atoms with Gasteiger partial charge in [0.05, 0.1) is 13.7 Å². The maximum atomic E-state index is 13.8. The topological polar surface area (TPSA) is 86.3 Å². The summed E-state index contributed by atoms with van der Waals surface area (Å²) in [5.41, 5.74) is 3.44. The Kier molecular flexibility index (Phi) is 11.0. The van der Waals surface area contributed by atoms with Gasteiger partial charge in [0.15, 0.2) is 18.2 Å². The molecule has 0 aromatic heterocycles. The van der Waals surface area contributed by atoms with Gasteiger partial charge in [0.25, 0.3) is 11.8 Å². The Morgan fingerprint density at radius 3 is 2.32 bits per heavy atom. The van der Waals surface area contributed by atoms with Crippen molar-refractivity contribution in [2.45, 2.75) is 12.8 Å². The minimum absolute atomic E-state index is 0.00214. The van der Waals surface area contributed by atoms with E-state index >= 15 is 0 Å². The van der Waals surface area contributed by atoms with E-state index in [4.69, 9.17) is 14.2 Å². The number of hydrogen-bond acceptors (Lipinski definition) is 6. The number of alkyl halides is 3. The highest BCUT2D eigenvalue weighted by Crippen LogP contribution is 2.33. The molecule has 0 heterocycles. The number of amides is 2. The number of ether oxygens (including phenoxy) is 3. The number of rotatable bonds is 13. The summed E-state index contributed by atoms with van der Waals surface area (Å²) in [7, 11) is 2.75. The molecule has 0 spiro atoms. The molecule has 2 amide bonds. The number of nitrogens with zero attached hydrogens (tertiary/aromatic N) is 1. The summed E-state index contributed by atoms with van der Waals surface area (Å²) < 4.78 is 79.9. The third kappa shape index (κ3) is 9.43. The van der Waals surface area contributed by atoms with Crippen molar-refractivity contribution in [3.63, 3.8) is 0 Å². The van der Waals surface area contributed by atoms with E-state index in [0.717, 1.165) is 17.0 Å². The second-order valence-corrected chi connectivity index (χ2v) is 8.63. The van der Waals surface area contributed by atoms with Gasteiger partial charge in [-0.3, -0.25) is 14.4 Å². The van der Waals surface area contributed by atoms with Crippen LogP contribution in [0.2, 0.25) is 0 Å². The summed E-state index contributed by atoms with van der Waals surface area (Å²) in [6.07, 6.45) is -4.63. The lowest BCUT2D eigenvalue weighted by Gasteiger charge is -2.22.